The molecule has 45 heavy (non-hydrogen) atoms. The van der Waals surface area contributed by atoms with E-state index in [9.17, 15) is 31.9 Å². The Balaban J connectivity index is 1.30. The predicted octanol–water partition coefficient (Wildman–Crippen LogP) is 4.86. The van der Waals surface area contributed by atoms with Gasteiger partial charge in [0.05, 0.1) is 27.8 Å². The fourth-order valence-electron chi connectivity index (χ4n) is 5.72. The van der Waals surface area contributed by atoms with Crippen molar-refractivity contribution in [1.29, 1.82) is 0 Å². The van der Waals surface area contributed by atoms with Crippen molar-refractivity contribution in [3.05, 3.63) is 46.5 Å². The predicted molar refractivity (Wildman–Crippen MR) is 167 cm³/mol. The number of amides is 2. The number of hydrogen-bond acceptors (Lipinski definition) is 10. The monoisotopic (exact) mass is 665 g/mol. The molecule has 2 aliphatic heterocycles. The van der Waals surface area contributed by atoms with E-state index in [-0.39, 0.29) is 51.4 Å². The van der Waals surface area contributed by atoms with Crippen molar-refractivity contribution in [1.82, 2.24) is 19.8 Å². The van der Waals surface area contributed by atoms with Gasteiger partial charge in [-0.2, -0.15) is 23.8 Å². The molecule has 1 aromatic carbocycles. The van der Waals surface area contributed by atoms with Crippen molar-refractivity contribution in [3.8, 4) is 10.6 Å². The summed E-state index contributed by atoms with van der Waals surface area (Å²) in [6.45, 7) is 5.18. The maximum atomic E-state index is 14.2. The van der Waals surface area contributed by atoms with Crippen LogP contribution < -0.4 is 16.0 Å². The summed E-state index contributed by atoms with van der Waals surface area (Å²) < 4.78 is 64.3. The highest BCUT2D eigenvalue weighted by atomic mass is 32.3. The number of carbonyl (C=O) groups is 2. The van der Waals surface area contributed by atoms with Gasteiger partial charge < -0.3 is 20.9 Å². The molecule has 0 radical (unpaired) electrons. The number of aromatic nitrogens is 2. The summed E-state index contributed by atoms with van der Waals surface area (Å²) in [5.41, 5.74) is 6.30. The number of nitrogens with zero attached hydrogens (tertiary/aromatic N) is 5. The molecule has 2 fully saturated rings. The fourth-order valence-corrected chi connectivity index (χ4v) is 8.69. The van der Waals surface area contributed by atoms with E-state index in [0.29, 0.717) is 44.5 Å². The summed E-state index contributed by atoms with van der Waals surface area (Å²) in [5, 5.41) is 3.07. The molecule has 0 unspecified atom stereocenters. The average Bonchev–Trinajstić information content (AvgIpc) is 3.73. The van der Waals surface area contributed by atoms with Gasteiger partial charge in [-0.25, -0.2) is 9.97 Å². The van der Waals surface area contributed by atoms with E-state index in [1.54, 1.807) is 4.90 Å². The maximum absolute atomic E-state index is 14.2. The van der Waals surface area contributed by atoms with Gasteiger partial charge in [-0.05, 0) is 49.1 Å². The van der Waals surface area contributed by atoms with Crippen molar-refractivity contribution in [3.63, 3.8) is 0 Å². The molecule has 242 valence electrons. The number of piperazine rings is 1. The topological polar surface area (TPSA) is 148 Å². The number of primary amides is 1. The molecule has 2 amide bonds. The number of fused-ring (bicyclic) bond motifs is 1. The number of alkyl halides is 3. The van der Waals surface area contributed by atoms with Crippen molar-refractivity contribution in [2.24, 2.45) is 5.73 Å². The molecule has 3 aliphatic rings. The molecule has 1 saturated carbocycles. The van der Waals surface area contributed by atoms with Crippen LogP contribution in [0.3, 0.4) is 0 Å². The first-order valence-corrected chi connectivity index (χ1v) is 17.2. The van der Waals surface area contributed by atoms with E-state index in [4.69, 9.17) is 5.73 Å². The molecule has 0 spiro atoms. The van der Waals surface area contributed by atoms with Crippen LogP contribution in [0.1, 0.15) is 40.6 Å². The lowest BCUT2D eigenvalue weighted by atomic mass is 10.1. The van der Waals surface area contributed by atoms with Gasteiger partial charge in [0.1, 0.15) is 10.4 Å². The van der Waals surface area contributed by atoms with Crippen molar-refractivity contribution < 1.29 is 31.9 Å². The molecule has 6 rings (SSSR count). The Morgan fingerprint density at radius 2 is 1.89 bits per heavy atom. The van der Waals surface area contributed by atoms with Crippen LogP contribution in [0.4, 0.5) is 30.5 Å². The largest absolute Gasteiger partial charge is 0.420 e. The first kappa shape index (κ1) is 31.5. The standard InChI is InChI=1S/C29H34F3N7O4S2/c1-2-17-13-19(38-9-7-37(8-10-38)16-24(33)40)5-6-21(17)35-28-34-15-20(29(30,31)32)25(36-28)22-14-23-26(44-22)27(41)39(18-3-4-18)11-12-45(23,42)43/h5-6,13-15,18,42-43H,2-4,7-12,16H2,1H3,(H2,33,40)(H,34,35,36). The zero-order valence-electron chi connectivity index (χ0n) is 24.5. The van der Waals surface area contributed by atoms with Crippen molar-refractivity contribution in [2.75, 3.05) is 55.2 Å². The third-order valence-electron chi connectivity index (χ3n) is 8.27. The lowest BCUT2D eigenvalue weighted by Crippen LogP contribution is -2.48. The Hall–Kier alpha value is -3.44. The third-order valence-corrected chi connectivity index (χ3v) is 11.3. The molecular weight excluding hydrogens is 631 g/mol. The van der Waals surface area contributed by atoms with Crippen LogP contribution in [-0.4, -0.2) is 91.8 Å². The quantitative estimate of drug-likeness (QED) is 0.265. The fraction of sp³-hybridized carbons (Fsp3) is 0.448. The van der Waals surface area contributed by atoms with Gasteiger partial charge in [0.2, 0.25) is 11.9 Å². The Kier molecular flexibility index (Phi) is 8.45. The zero-order chi connectivity index (χ0) is 32.1. The van der Waals surface area contributed by atoms with Gasteiger partial charge in [-0.1, -0.05) is 6.92 Å². The van der Waals surface area contributed by atoms with E-state index < -0.39 is 33.9 Å². The second-order valence-corrected chi connectivity index (χ2v) is 14.6. The highest BCUT2D eigenvalue weighted by Crippen LogP contribution is 2.56. The molecule has 3 aromatic rings. The number of halogens is 3. The highest BCUT2D eigenvalue weighted by Gasteiger charge is 2.42. The Morgan fingerprint density at radius 1 is 1.16 bits per heavy atom. The Morgan fingerprint density at radius 3 is 2.53 bits per heavy atom. The number of anilines is 3. The van der Waals surface area contributed by atoms with E-state index >= 15 is 0 Å². The highest BCUT2D eigenvalue weighted by molar-refractivity contribution is 8.24. The molecular formula is C29H34F3N7O4S2. The number of benzene rings is 1. The molecule has 5 N–H and O–H groups in total. The van der Waals surface area contributed by atoms with Crippen LogP contribution in [0.25, 0.3) is 10.6 Å². The molecule has 4 heterocycles. The molecule has 0 atom stereocenters. The second-order valence-electron chi connectivity index (χ2n) is 11.4. The number of rotatable bonds is 8. The number of hydrogen-bond donors (Lipinski definition) is 4. The van der Waals surface area contributed by atoms with Gasteiger partial charge in [-0.15, -0.1) is 11.3 Å². The lowest BCUT2D eigenvalue weighted by molar-refractivity contribution is -0.137. The lowest BCUT2D eigenvalue weighted by Gasteiger charge is -2.35. The zero-order valence-corrected chi connectivity index (χ0v) is 26.1. The first-order valence-electron chi connectivity index (χ1n) is 14.6. The SMILES string of the molecule is CCc1cc(N2CCN(CC(N)=O)CC2)ccc1Nc1ncc(C(F)(F)F)c(-c2cc3c(s2)C(=O)N(C2CC2)CCS3(O)O)n1. The van der Waals surface area contributed by atoms with E-state index in [1.165, 1.54) is 6.07 Å². The van der Waals surface area contributed by atoms with Crippen LogP contribution in [0, 0.1) is 0 Å². The average molecular weight is 666 g/mol. The number of thiophene rings is 1. The smallest absolute Gasteiger partial charge is 0.369 e. The minimum absolute atomic E-state index is 0.00490. The Labute approximate surface area is 263 Å². The minimum atomic E-state index is -4.79. The summed E-state index contributed by atoms with van der Waals surface area (Å²) in [7, 11) is -3.39. The van der Waals surface area contributed by atoms with Crippen molar-refractivity contribution in [2.45, 2.75) is 43.3 Å². The number of nitrogens with two attached hydrogens (primary N) is 1. The van der Waals surface area contributed by atoms with Gasteiger partial charge in [-0.3, -0.25) is 23.6 Å². The van der Waals surface area contributed by atoms with Gasteiger partial charge in [0.25, 0.3) is 5.91 Å². The summed E-state index contributed by atoms with van der Waals surface area (Å²) >= 11 is 0.792. The van der Waals surface area contributed by atoms with Crippen molar-refractivity contribution >= 4 is 51.1 Å². The molecule has 1 saturated heterocycles. The van der Waals surface area contributed by atoms with E-state index in [2.05, 4.69) is 20.2 Å². The van der Waals surface area contributed by atoms with Gasteiger partial charge in [0, 0.05) is 56.3 Å². The molecule has 0 bridgehead atoms. The maximum Gasteiger partial charge on any atom is 0.420 e. The van der Waals surface area contributed by atoms with Crippen LogP contribution in [-0.2, 0) is 17.4 Å². The minimum Gasteiger partial charge on any atom is -0.369 e. The summed E-state index contributed by atoms with van der Waals surface area (Å²) in [5.74, 6) is -0.898. The number of nitrogens with one attached hydrogen (secondary N) is 1. The molecule has 16 heteroatoms. The third kappa shape index (κ3) is 6.60. The Bertz CT molecular complexity index is 1620. The van der Waals surface area contributed by atoms with Gasteiger partial charge >= 0.3 is 6.18 Å². The van der Waals surface area contributed by atoms with Crippen LogP contribution in [0.2, 0.25) is 0 Å². The number of aryl methyl sites for hydroxylation is 1. The van der Waals surface area contributed by atoms with E-state index in [1.807, 2.05) is 30.0 Å². The second kappa shape index (κ2) is 12.1. The molecule has 1 aliphatic carbocycles. The number of carbonyl (C=O) groups excluding carboxylic acids is 2. The summed E-state index contributed by atoms with van der Waals surface area (Å²) in [4.78, 5) is 38.6. The molecule has 2 aromatic heterocycles. The van der Waals surface area contributed by atoms with Crippen LogP contribution in [0.5, 0.6) is 0 Å². The summed E-state index contributed by atoms with van der Waals surface area (Å²) in [6.07, 6.45) is -1.84. The van der Waals surface area contributed by atoms with Crippen LogP contribution >= 0.6 is 21.9 Å². The van der Waals surface area contributed by atoms with E-state index in [0.717, 1.165) is 35.4 Å². The normalized spacial score (nSPS) is 19.6. The van der Waals surface area contributed by atoms with Gasteiger partial charge in [0.15, 0.2) is 0 Å². The molecule has 11 nitrogen and oxygen atoms in total. The first-order chi connectivity index (χ1) is 21.3. The van der Waals surface area contributed by atoms with Crippen LogP contribution in [0.15, 0.2) is 35.4 Å². The summed E-state index contributed by atoms with van der Waals surface area (Å²) in [6, 6.07) is 7.03.